The van der Waals surface area contributed by atoms with Gasteiger partial charge in [0.1, 0.15) is 0 Å². The highest BCUT2D eigenvalue weighted by molar-refractivity contribution is 7.83. The summed E-state index contributed by atoms with van der Waals surface area (Å²) < 4.78 is 31.5. The number of carboxylic acid groups (broad SMARTS) is 2. The zero-order valence-corrected chi connectivity index (χ0v) is 19.9. The van der Waals surface area contributed by atoms with Gasteiger partial charge in [-0.1, -0.05) is 103 Å². The molecule has 0 fully saturated rings. The van der Waals surface area contributed by atoms with Crippen LogP contribution in [0.15, 0.2) is 12.2 Å². The van der Waals surface area contributed by atoms with Gasteiger partial charge in [0.2, 0.25) is 0 Å². The van der Waals surface area contributed by atoms with Crippen LogP contribution in [0.25, 0.3) is 0 Å². The molecule has 0 unspecified atom stereocenters. The summed E-state index contributed by atoms with van der Waals surface area (Å²) in [5.41, 5.74) is 0. The SMILES string of the molecule is CCCCCCCCCCCCCCCCCCNS(=O)(=O)O.O=C(O)/C=C\C(=O)O. The van der Waals surface area contributed by atoms with E-state index in [4.69, 9.17) is 14.8 Å². The van der Waals surface area contributed by atoms with Gasteiger partial charge in [-0.05, 0) is 6.42 Å². The standard InChI is InChI=1S/C18H39NO3S.C4H4O4/c1-2-3-4-5-6-7-8-9-10-11-12-13-14-15-16-17-18-19-23(20,21)22;5-3(6)1-2-4(7)8/h19H,2-18H2,1H3,(H,20,21,22);1-2H,(H,5,6)(H,7,8)/b;2-1-. The number of aliphatic carboxylic acids is 2. The van der Waals surface area contributed by atoms with Gasteiger partial charge < -0.3 is 10.2 Å². The van der Waals surface area contributed by atoms with Gasteiger partial charge in [0.05, 0.1) is 0 Å². The second-order valence-corrected chi connectivity index (χ2v) is 8.92. The van der Waals surface area contributed by atoms with Crippen LogP contribution in [-0.4, -0.2) is 41.7 Å². The lowest BCUT2D eigenvalue weighted by Crippen LogP contribution is -2.23. The van der Waals surface area contributed by atoms with Crippen LogP contribution < -0.4 is 4.72 Å². The van der Waals surface area contributed by atoms with Crippen LogP contribution in [0.1, 0.15) is 110 Å². The highest BCUT2D eigenvalue weighted by Gasteiger charge is 2.00. The highest BCUT2D eigenvalue weighted by Crippen LogP contribution is 2.13. The number of carboxylic acids is 2. The van der Waals surface area contributed by atoms with Crippen molar-refractivity contribution in [1.29, 1.82) is 0 Å². The van der Waals surface area contributed by atoms with Crippen molar-refractivity contribution in [3.05, 3.63) is 12.2 Å². The Balaban J connectivity index is 0. The maximum Gasteiger partial charge on any atom is 0.333 e. The molecule has 0 aliphatic rings. The first kappa shape index (κ1) is 31.7. The second kappa shape index (κ2) is 23.2. The normalized spacial score (nSPS) is 11.3. The van der Waals surface area contributed by atoms with E-state index in [1.807, 2.05) is 0 Å². The van der Waals surface area contributed by atoms with Crippen LogP contribution >= 0.6 is 0 Å². The maximum absolute atomic E-state index is 10.4. The topological polar surface area (TPSA) is 141 Å². The molecule has 0 aromatic carbocycles. The van der Waals surface area contributed by atoms with Crippen LogP contribution in [0.2, 0.25) is 0 Å². The molecule has 0 saturated heterocycles. The molecule has 0 rings (SSSR count). The summed E-state index contributed by atoms with van der Waals surface area (Å²) in [6, 6.07) is 0. The fourth-order valence-electron chi connectivity index (χ4n) is 3.02. The van der Waals surface area contributed by atoms with Gasteiger partial charge in [-0.2, -0.15) is 13.1 Å². The van der Waals surface area contributed by atoms with Crippen molar-refractivity contribution in [1.82, 2.24) is 4.72 Å². The summed E-state index contributed by atoms with van der Waals surface area (Å²) >= 11 is 0. The fraction of sp³-hybridized carbons (Fsp3) is 0.818. The monoisotopic (exact) mass is 465 g/mol. The predicted octanol–water partition coefficient (Wildman–Crippen LogP) is 5.35. The molecule has 31 heavy (non-hydrogen) atoms. The third-order valence-corrected chi connectivity index (χ3v) is 5.25. The third-order valence-electron chi connectivity index (χ3n) is 4.68. The molecule has 9 heteroatoms. The Bertz CT molecular complexity index is 546. The number of hydrogen-bond donors (Lipinski definition) is 4. The van der Waals surface area contributed by atoms with Crippen molar-refractivity contribution in [2.75, 3.05) is 6.54 Å². The molecule has 0 radical (unpaired) electrons. The van der Waals surface area contributed by atoms with Crippen LogP contribution in [-0.2, 0) is 19.9 Å². The van der Waals surface area contributed by atoms with Crippen molar-refractivity contribution in [2.24, 2.45) is 0 Å². The summed E-state index contributed by atoms with van der Waals surface area (Å²) in [7, 11) is -3.99. The lowest BCUT2D eigenvalue weighted by Gasteiger charge is -2.04. The van der Waals surface area contributed by atoms with Crippen molar-refractivity contribution < 1.29 is 32.8 Å². The van der Waals surface area contributed by atoms with E-state index in [-0.39, 0.29) is 0 Å². The molecular weight excluding hydrogens is 422 g/mol. The summed E-state index contributed by atoms with van der Waals surface area (Å²) in [6.07, 6.45) is 21.9. The minimum absolute atomic E-state index is 0.345. The molecule has 0 aliphatic heterocycles. The van der Waals surface area contributed by atoms with E-state index in [9.17, 15) is 18.0 Å². The van der Waals surface area contributed by atoms with Gasteiger partial charge in [-0.25, -0.2) is 9.59 Å². The molecular formula is C22H43NO7S. The molecule has 0 saturated carbocycles. The van der Waals surface area contributed by atoms with E-state index >= 15 is 0 Å². The minimum Gasteiger partial charge on any atom is -0.478 e. The lowest BCUT2D eigenvalue weighted by molar-refractivity contribution is -0.134. The second-order valence-electron chi connectivity index (χ2n) is 7.68. The van der Waals surface area contributed by atoms with Crippen LogP contribution in [0, 0.1) is 0 Å². The molecule has 0 heterocycles. The average Bonchev–Trinajstić information content (AvgIpc) is 2.68. The molecule has 8 nitrogen and oxygen atoms in total. The summed E-state index contributed by atoms with van der Waals surface area (Å²) in [4.78, 5) is 19.1. The Labute approximate surface area is 188 Å². The van der Waals surface area contributed by atoms with E-state index in [0.29, 0.717) is 18.7 Å². The molecule has 0 aromatic rings. The number of nitrogens with one attached hydrogen (secondary N) is 1. The first-order chi connectivity index (χ1) is 14.7. The van der Waals surface area contributed by atoms with Crippen LogP contribution in [0.3, 0.4) is 0 Å². The Hall–Kier alpha value is -1.45. The summed E-state index contributed by atoms with van der Waals surface area (Å²) in [5.74, 6) is -2.51. The highest BCUT2D eigenvalue weighted by atomic mass is 32.2. The van der Waals surface area contributed by atoms with Crippen molar-refractivity contribution in [3.8, 4) is 0 Å². The largest absolute Gasteiger partial charge is 0.478 e. The van der Waals surface area contributed by atoms with Gasteiger partial charge in [0.25, 0.3) is 0 Å². The number of carbonyl (C=O) groups is 2. The molecule has 0 bridgehead atoms. The van der Waals surface area contributed by atoms with Gasteiger partial charge in [-0.3, -0.25) is 4.55 Å². The first-order valence-electron chi connectivity index (χ1n) is 11.5. The minimum atomic E-state index is -3.99. The molecule has 0 aromatic heterocycles. The lowest BCUT2D eigenvalue weighted by atomic mass is 10.0. The Kier molecular flexibility index (Phi) is 23.8. The van der Waals surface area contributed by atoms with Crippen LogP contribution in [0.4, 0.5) is 0 Å². The van der Waals surface area contributed by atoms with E-state index in [2.05, 4.69) is 11.6 Å². The Morgan fingerprint density at radius 1 is 0.645 bits per heavy atom. The number of hydrogen-bond acceptors (Lipinski definition) is 4. The van der Waals surface area contributed by atoms with E-state index in [1.54, 1.807) is 0 Å². The van der Waals surface area contributed by atoms with Gasteiger partial charge in [-0.15, -0.1) is 0 Å². The molecule has 0 amide bonds. The van der Waals surface area contributed by atoms with E-state index in [1.165, 1.54) is 83.5 Å². The number of rotatable bonds is 20. The van der Waals surface area contributed by atoms with Crippen molar-refractivity contribution in [3.63, 3.8) is 0 Å². The molecule has 4 N–H and O–H groups in total. The molecule has 0 spiro atoms. The quantitative estimate of drug-likeness (QED) is 0.108. The van der Waals surface area contributed by atoms with Crippen molar-refractivity contribution >= 4 is 22.2 Å². The zero-order valence-electron chi connectivity index (χ0n) is 19.1. The Morgan fingerprint density at radius 2 is 0.935 bits per heavy atom. The van der Waals surface area contributed by atoms with Gasteiger partial charge >= 0.3 is 22.2 Å². The average molecular weight is 466 g/mol. The maximum atomic E-state index is 10.4. The van der Waals surface area contributed by atoms with Gasteiger partial charge in [0.15, 0.2) is 0 Å². The van der Waals surface area contributed by atoms with Crippen LogP contribution in [0.5, 0.6) is 0 Å². The van der Waals surface area contributed by atoms with E-state index in [0.717, 1.165) is 19.3 Å². The third kappa shape index (κ3) is 36.3. The van der Waals surface area contributed by atoms with Crippen molar-refractivity contribution in [2.45, 2.75) is 110 Å². The predicted molar refractivity (Wildman–Crippen MR) is 124 cm³/mol. The van der Waals surface area contributed by atoms with E-state index < -0.39 is 22.2 Å². The van der Waals surface area contributed by atoms with Gasteiger partial charge in [0, 0.05) is 18.7 Å². The smallest absolute Gasteiger partial charge is 0.333 e. The Morgan fingerprint density at radius 3 is 1.19 bits per heavy atom. The molecule has 184 valence electrons. The molecule has 0 atom stereocenters. The summed E-state index contributed by atoms with van der Waals surface area (Å²) in [5, 5.41) is 15.6. The first-order valence-corrected chi connectivity index (χ1v) is 13.0. The zero-order chi connectivity index (χ0) is 23.8. The fourth-order valence-corrected chi connectivity index (χ4v) is 3.42. The number of unbranched alkanes of at least 4 members (excludes halogenated alkanes) is 15. The summed E-state index contributed by atoms with van der Waals surface area (Å²) in [6.45, 7) is 2.61. The molecule has 0 aliphatic carbocycles.